The summed E-state index contributed by atoms with van der Waals surface area (Å²) in [6.45, 7) is 5.93. The maximum Gasteiger partial charge on any atom is 0.511 e. The molecule has 106 valence electrons. The number of ether oxygens (including phenoxy) is 1. The molecule has 1 fully saturated rings. The first kappa shape index (κ1) is 12.9. The van der Waals surface area contributed by atoms with E-state index in [4.69, 9.17) is 14.4 Å². The molecule has 20 heavy (non-hydrogen) atoms. The highest BCUT2D eigenvalue weighted by Gasteiger charge is 2.31. The lowest BCUT2D eigenvalue weighted by Crippen LogP contribution is -2.13. The largest absolute Gasteiger partial charge is 0.511 e. The van der Waals surface area contributed by atoms with Crippen LogP contribution in [0.25, 0.3) is 11.1 Å². The number of nitrogens with zero attached hydrogens (tertiary/aromatic N) is 2. The van der Waals surface area contributed by atoms with Crippen LogP contribution < -0.4 is 4.74 Å². The second-order valence-electron chi connectivity index (χ2n) is 6.15. The molecule has 6 heteroatoms. The monoisotopic (exact) mass is 276 g/mol. The average Bonchev–Trinajstić information content (AvgIpc) is 3.06. The quantitative estimate of drug-likeness (QED) is 0.845. The lowest BCUT2D eigenvalue weighted by Gasteiger charge is -2.15. The van der Waals surface area contributed by atoms with Crippen LogP contribution in [0.1, 0.15) is 50.9 Å². The molecule has 2 aromatic rings. The van der Waals surface area contributed by atoms with Gasteiger partial charge in [0, 0.05) is 17.4 Å². The van der Waals surface area contributed by atoms with E-state index < -0.39 is 6.16 Å². The van der Waals surface area contributed by atoms with E-state index in [0.717, 1.165) is 18.5 Å². The fourth-order valence-electron chi connectivity index (χ4n) is 2.21. The van der Waals surface area contributed by atoms with Crippen molar-refractivity contribution < 1.29 is 19.2 Å². The van der Waals surface area contributed by atoms with Crippen molar-refractivity contribution in [2.24, 2.45) is 0 Å². The maximum absolute atomic E-state index is 10.9. The van der Waals surface area contributed by atoms with Gasteiger partial charge in [-0.3, -0.25) is 0 Å². The van der Waals surface area contributed by atoms with E-state index >= 15 is 0 Å². The average molecular weight is 276 g/mol. The van der Waals surface area contributed by atoms with Crippen LogP contribution in [0.15, 0.2) is 10.6 Å². The minimum Gasteiger partial charge on any atom is -0.449 e. The Labute approximate surface area is 115 Å². The Hall–Kier alpha value is -2.11. The van der Waals surface area contributed by atoms with Crippen LogP contribution in [-0.2, 0) is 5.41 Å². The summed E-state index contributed by atoms with van der Waals surface area (Å²) in [5.41, 5.74) is 1.52. The molecule has 0 amide bonds. The van der Waals surface area contributed by atoms with E-state index in [1.54, 1.807) is 6.07 Å². The number of hydrogen-bond donors (Lipinski definition) is 1. The summed E-state index contributed by atoms with van der Waals surface area (Å²) in [4.78, 5) is 15.3. The second kappa shape index (κ2) is 4.19. The summed E-state index contributed by atoms with van der Waals surface area (Å²) >= 11 is 0. The van der Waals surface area contributed by atoms with Crippen molar-refractivity contribution in [3.05, 3.63) is 17.5 Å². The van der Waals surface area contributed by atoms with E-state index in [0.29, 0.717) is 22.7 Å². The van der Waals surface area contributed by atoms with Gasteiger partial charge < -0.3 is 14.4 Å². The first-order chi connectivity index (χ1) is 9.36. The van der Waals surface area contributed by atoms with Crippen LogP contribution in [0, 0.1) is 0 Å². The fraction of sp³-hybridized carbons (Fsp3) is 0.500. The number of carboxylic acid groups (broad SMARTS) is 1. The first-order valence-electron chi connectivity index (χ1n) is 6.58. The van der Waals surface area contributed by atoms with Crippen LogP contribution in [0.4, 0.5) is 4.79 Å². The molecule has 2 aromatic heterocycles. The Morgan fingerprint density at radius 2 is 2.15 bits per heavy atom. The Morgan fingerprint density at radius 1 is 1.45 bits per heavy atom. The number of rotatable bonds is 2. The predicted octanol–water partition coefficient (Wildman–Crippen LogP) is 3.45. The molecule has 1 aliphatic rings. The lowest BCUT2D eigenvalue weighted by atomic mass is 9.90. The molecule has 0 radical (unpaired) electrons. The minimum absolute atomic E-state index is 0.260. The molecule has 0 atom stereocenters. The number of carbonyl (C=O) groups is 1. The summed E-state index contributed by atoms with van der Waals surface area (Å²) < 4.78 is 10.2. The van der Waals surface area contributed by atoms with Crippen LogP contribution >= 0.6 is 0 Å². The predicted molar refractivity (Wildman–Crippen MR) is 71.1 cm³/mol. The van der Waals surface area contributed by atoms with Crippen molar-refractivity contribution >= 4 is 17.3 Å². The Bertz CT molecular complexity index is 680. The molecule has 0 aromatic carbocycles. The van der Waals surface area contributed by atoms with Gasteiger partial charge in [0.25, 0.3) is 5.71 Å². The van der Waals surface area contributed by atoms with Crippen molar-refractivity contribution in [3.8, 4) is 5.75 Å². The molecule has 1 saturated carbocycles. The summed E-state index contributed by atoms with van der Waals surface area (Å²) in [6.07, 6.45) is 0.775. The molecule has 2 heterocycles. The number of aromatic nitrogens is 2. The van der Waals surface area contributed by atoms with Crippen LogP contribution in [-0.4, -0.2) is 21.4 Å². The zero-order valence-electron chi connectivity index (χ0n) is 11.6. The lowest BCUT2D eigenvalue weighted by molar-refractivity contribution is 0.145. The Kier molecular flexibility index (Phi) is 2.70. The van der Waals surface area contributed by atoms with Crippen molar-refractivity contribution in [2.75, 3.05) is 0 Å². The molecule has 3 rings (SSSR count). The summed E-state index contributed by atoms with van der Waals surface area (Å²) in [7, 11) is 0. The smallest absolute Gasteiger partial charge is 0.449 e. The number of pyridine rings is 1. The summed E-state index contributed by atoms with van der Waals surface area (Å²) in [5.74, 6) is 0.634. The third kappa shape index (κ3) is 2.21. The van der Waals surface area contributed by atoms with Gasteiger partial charge in [0.05, 0.1) is 5.69 Å². The van der Waals surface area contributed by atoms with Gasteiger partial charge in [0.2, 0.25) is 0 Å². The molecular formula is C14H16N2O4. The normalized spacial score (nSPS) is 15.6. The highest BCUT2D eigenvalue weighted by molar-refractivity contribution is 5.86. The van der Waals surface area contributed by atoms with Gasteiger partial charge in [0.15, 0.2) is 5.75 Å². The Morgan fingerprint density at radius 3 is 2.70 bits per heavy atom. The SMILES string of the molecule is CC(C)(C)c1noc2nc(C3CC3)cc(OC(=O)O)c12. The fourth-order valence-corrected chi connectivity index (χ4v) is 2.21. The molecular weight excluding hydrogens is 260 g/mol. The van der Waals surface area contributed by atoms with Gasteiger partial charge in [-0.05, 0) is 12.8 Å². The van der Waals surface area contributed by atoms with Crippen LogP contribution in [0.3, 0.4) is 0 Å². The summed E-state index contributed by atoms with van der Waals surface area (Å²) in [6, 6.07) is 1.70. The highest BCUT2D eigenvalue weighted by Crippen LogP contribution is 2.43. The first-order valence-corrected chi connectivity index (χ1v) is 6.58. The second-order valence-corrected chi connectivity index (χ2v) is 6.15. The van der Waals surface area contributed by atoms with Crippen LogP contribution in [0.2, 0.25) is 0 Å². The third-order valence-corrected chi connectivity index (χ3v) is 3.33. The van der Waals surface area contributed by atoms with Crippen molar-refractivity contribution in [1.29, 1.82) is 0 Å². The van der Waals surface area contributed by atoms with Crippen LogP contribution in [0.5, 0.6) is 5.75 Å². The zero-order valence-corrected chi connectivity index (χ0v) is 11.6. The van der Waals surface area contributed by atoms with Gasteiger partial charge in [0.1, 0.15) is 11.1 Å². The molecule has 0 aliphatic heterocycles. The van der Waals surface area contributed by atoms with Gasteiger partial charge in [-0.25, -0.2) is 9.78 Å². The molecule has 0 unspecified atom stereocenters. The molecule has 1 aliphatic carbocycles. The highest BCUT2D eigenvalue weighted by atomic mass is 16.7. The number of hydrogen-bond acceptors (Lipinski definition) is 5. The molecule has 1 N–H and O–H groups in total. The third-order valence-electron chi connectivity index (χ3n) is 3.33. The zero-order chi connectivity index (χ0) is 14.5. The van der Waals surface area contributed by atoms with E-state index in [9.17, 15) is 4.79 Å². The Balaban J connectivity index is 2.22. The van der Waals surface area contributed by atoms with E-state index in [-0.39, 0.29) is 11.2 Å². The molecule has 0 spiro atoms. The maximum atomic E-state index is 10.9. The molecule has 6 nitrogen and oxygen atoms in total. The van der Waals surface area contributed by atoms with Gasteiger partial charge >= 0.3 is 6.16 Å². The molecule has 0 saturated heterocycles. The van der Waals surface area contributed by atoms with Crippen molar-refractivity contribution in [1.82, 2.24) is 10.1 Å². The van der Waals surface area contributed by atoms with Crippen molar-refractivity contribution in [3.63, 3.8) is 0 Å². The standard InChI is InChI=1S/C14H16N2O4/c1-14(2,3)11-10-9(19-13(17)18)6-8(7-4-5-7)15-12(10)20-16-11/h6-7H,4-5H2,1-3H3,(H,17,18). The molecule has 0 bridgehead atoms. The van der Waals surface area contributed by atoms with Gasteiger partial charge in [-0.15, -0.1) is 0 Å². The summed E-state index contributed by atoms with van der Waals surface area (Å²) in [5, 5.41) is 13.5. The van der Waals surface area contributed by atoms with E-state index in [1.165, 1.54) is 0 Å². The van der Waals surface area contributed by atoms with E-state index in [2.05, 4.69) is 10.1 Å². The van der Waals surface area contributed by atoms with Gasteiger partial charge in [-0.2, -0.15) is 0 Å². The van der Waals surface area contributed by atoms with E-state index in [1.807, 2.05) is 20.8 Å². The number of fused-ring (bicyclic) bond motifs is 1. The topological polar surface area (TPSA) is 85.5 Å². The van der Waals surface area contributed by atoms with Crippen molar-refractivity contribution in [2.45, 2.75) is 44.9 Å². The van der Waals surface area contributed by atoms with Gasteiger partial charge in [-0.1, -0.05) is 25.9 Å². The minimum atomic E-state index is -1.35.